The zero-order chi connectivity index (χ0) is 11.4. The van der Waals surface area contributed by atoms with E-state index in [1.807, 2.05) is 11.9 Å². The Hall–Kier alpha value is -0.740. The van der Waals surface area contributed by atoms with Gasteiger partial charge in [0.2, 0.25) is 0 Å². The molecule has 16 heavy (non-hydrogen) atoms. The van der Waals surface area contributed by atoms with E-state index in [9.17, 15) is 0 Å². The van der Waals surface area contributed by atoms with Gasteiger partial charge >= 0.3 is 0 Å². The Labute approximate surface area is 101 Å². The minimum atomic E-state index is 0.406. The third-order valence-corrected chi connectivity index (χ3v) is 3.23. The second kappa shape index (κ2) is 5.55. The highest BCUT2D eigenvalue weighted by molar-refractivity contribution is 6.16. The second-order valence-corrected chi connectivity index (χ2v) is 4.49. The largest absolute Gasteiger partial charge is 0.432 e. The molecule has 0 saturated carbocycles. The van der Waals surface area contributed by atoms with Gasteiger partial charge in [0, 0.05) is 20.1 Å². The van der Waals surface area contributed by atoms with E-state index in [-0.39, 0.29) is 0 Å². The molecule has 0 amide bonds. The fraction of sp³-hybridized carbons (Fsp3) is 0.727. The van der Waals surface area contributed by atoms with Gasteiger partial charge in [-0.3, -0.25) is 0 Å². The van der Waals surface area contributed by atoms with Crippen molar-refractivity contribution in [3.63, 3.8) is 0 Å². The third kappa shape index (κ3) is 2.89. The summed E-state index contributed by atoms with van der Waals surface area (Å²) in [5.74, 6) is 0.406. The zero-order valence-corrected chi connectivity index (χ0v) is 10.4. The number of likely N-dealkylation sites (N-methyl/N-ethyl adjacent to an activating group) is 1. The second-order valence-electron chi connectivity index (χ2n) is 4.23. The quantitative estimate of drug-likeness (QED) is 0.740. The van der Waals surface area contributed by atoms with Gasteiger partial charge in [0.25, 0.3) is 6.01 Å². The van der Waals surface area contributed by atoms with Crippen molar-refractivity contribution in [3.8, 4) is 0 Å². The number of oxazole rings is 1. The summed E-state index contributed by atoms with van der Waals surface area (Å²) in [6.07, 6.45) is 4.28. The van der Waals surface area contributed by atoms with Gasteiger partial charge in [-0.15, -0.1) is 11.6 Å². The Morgan fingerprint density at radius 2 is 2.25 bits per heavy atom. The summed E-state index contributed by atoms with van der Waals surface area (Å²) in [6.45, 7) is 4.48. The van der Waals surface area contributed by atoms with Gasteiger partial charge in [0.05, 0.1) is 11.6 Å². The molecule has 1 aromatic rings. The number of halogens is 1. The van der Waals surface area contributed by atoms with Gasteiger partial charge in [-0.2, -0.15) is 4.98 Å². The maximum Gasteiger partial charge on any atom is 0.297 e. The lowest BCUT2D eigenvalue weighted by molar-refractivity contribution is 0.344. The zero-order valence-electron chi connectivity index (χ0n) is 9.65. The molecule has 0 N–H and O–H groups in total. The molecule has 1 aliphatic heterocycles. The molecule has 0 atom stereocenters. The average molecular weight is 244 g/mol. The lowest BCUT2D eigenvalue weighted by Gasteiger charge is -2.19. The first-order valence-corrected chi connectivity index (χ1v) is 6.27. The van der Waals surface area contributed by atoms with E-state index < -0.39 is 0 Å². The number of anilines is 1. The number of hydrogen-bond acceptors (Lipinski definition) is 4. The summed E-state index contributed by atoms with van der Waals surface area (Å²) in [5, 5.41) is 0. The molecule has 0 aromatic carbocycles. The van der Waals surface area contributed by atoms with Crippen LogP contribution in [0, 0.1) is 0 Å². The highest BCUT2D eigenvalue weighted by atomic mass is 35.5. The molecule has 0 unspecified atom stereocenters. The van der Waals surface area contributed by atoms with Crippen LogP contribution in [0.1, 0.15) is 18.5 Å². The van der Waals surface area contributed by atoms with Gasteiger partial charge in [0.15, 0.2) is 0 Å². The third-order valence-electron chi connectivity index (χ3n) is 2.95. The first-order valence-electron chi connectivity index (χ1n) is 5.73. The van der Waals surface area contributed by atoms with Gasteiger partial charge in [-0.05, 0) is 25.9 Å². The van der Waals surface area contributed by atoms with Crippen LogP contribution in [0.15, 0.2) is 10.7 Å². The number of rotatable bonds is 5. The van der Waals surface area contributed by atoms with Crippen molar-refractivity contribution >= 4 is 17.6 Å². The monoisotopic (exact) mass is 243 g/mol. The van der Waals surface area contributed by atoms with E-state index in [2.05, 4.69) is 9.88 Å². The molecule has 2 rings (SSSR count). The van der Waals surface area contributed by atoms with E-state index in [0.717, 1.165) is 18.8 Å². The van der Waals surface area contributed by atoms with Crippen molar-refractivity contribution in [1.29, 1.82) is 0 Å². The van der Waals surface area contributed by atoms with Crippen molar-refractivity contribution in [2.24, 2.45) is 0 Å². The van der Waals surface area contributed by atoms with Crippen molar-refractivity contribution in [3.05, 3.63) is 12.0 Å². The number of hydrogen-bond donors (Lipinski definition) is 0. The molecular formula is C11H18ClN3O. The summed E-state index contributed by atoms with van der Waals surface area (Å²) in [7, 11) is 2.00. The Balaban J connectivity index is 1.80. The summed E-state index contributed by atoms with van der Waals surface area (Å²) in [5.41, 5.74) is 0.796. The van der Waals surface area contributed by atoms with E-state index in [0.29, 0.717) is 11.9 Å². The summed E-state index contributed by atoms with van der Waals surface area (Å²) in [4.78, 5) is 8.79. The Kier molecular flexibility index (Phi) is 4.07. The predicted molar refractivity (Wildman–Crippen MR) is 65.0 cm³/mol. The van der Waals surface area contributed by atoms with E-state index in [1.54, 1.807) is 6.26 Å². The molecule has 0 radical (unpaired) electrons. The molecule has 1 aromatic heterocycles. The summed E-state index contributed by atoms with van der Waals surface area (Å²) in [6, 6.07) is 0.662. The van der Waals surface area contributed by atoms with Crippen LogP contribution in [-0.2, 0) is 5.88 Å². The first kappa shape index (κ1) is 11.7. The Morgan fingerprint density at radius 1 is 1.50 bits per heavy atom. The van der Waals surface area contributed by atoms with Crippen LogP contribution in [-0.4, -0.2) is 43.1 Å². The maximum atomic E-state index is 5.68. The van der Waals surface area contributed by atoms with Crippen molar-refractivity contribution in [2.45, 2.75) is 18.7 Å². The topological polar surface area (TPSA) is 32.5 Å². The standard InChI is InChI=1S/C11H18ClN3O/c1-14(6-7-15-4-2-3-5-15)11-13-10(8-12)9-16-11/h9H,2-8H2,1H3. The van der Waals surface area contributed by atoms with Crippen LogP contribution in [0.3, 0.4) is 0 Å². The van der Waals surface area contributed by atoms with E-state index in [4.69, 9.17) is 16.0 Å². The fourth-order valence-electron chi connectivity index (χ4n) is 1.93. The van der Waals surface area contributed by atoms with E-state index >= 15 is 0 Å². The molecule has 0 spiro atoms. The Morgan fingerprint density at radius 3 is 2.88 bits per heavy atom. The number of aromatic nitrogens is 1. The van der Waals surface area contributed by atoms with Crippen molar-refractivity contribution in [1.82, 2.24) is 9.88 Å². The SMILES string of the molecule is CN(CCN1CCCC1)c1nc(CCl)co1. The van der Waals surface area contributed by atoms with Crippen molar-refractivity contribution < 1.29 is 4.42 Å². The molecule has 0 aliphatic carbocycles. The molecule has 2 heterocycles. The molecular weight excluding hydrogens is 226 g/mol. The molecule has 1 aliphatic rings. The molecule has 1 saturated heterocycles. The number of likely N-dealkylation sites (tertiary alicyclic amines) is 1. The van der Waals surface area contributed by atoms with Crippen LogP contribution >= 0.6 is 11.6 Å². The van der Waals surface area contributed by atoms with Crippen LogP contribution in [0.2, 0.25) is 0 Å². The Bertz CT molecular complexity index is 323. The number of nitrogens with zero attached hydrogens (tertiary/aromatic N) is 3. The number of alkyl halides is 1. The minimum absolute atomic E-state index is 0.406. The maximum absolute atomic E-state index is 5.68. The van der Waals surface area contributed by atoms with E-state index in [1.165, 1.54) is 25.9 Å². The molecule has 5 heteroatoms. The molecule has 90 valence electrons. The van der Waals surface area contributed by atoms with Gasteiger partial charge in [0.1, 0.15) is 6.26 Å². The van der Waals surface area contributed by atoms with Gasteiger partial charge in [-0.25, -0.2) is 0 Å². The average Bonchev–Trinajstić information content (AvgIpc) is 2.96. The molecule has 1 fully saturated rings. The summed E-state index contributed by atoms with van der Waals surface area (Å²) < 4.78 is 5.34. The van der Waals surface area contributed by atoms with Crippen LogP contribution in [0.5, 0.6) is 0 Å². The smallest absolute Gasteiger partial charge is 0.297 e. The lowest BCUT2D eigenvalue weighted by atomic mass is 10.4. The lowest BCUT2D eigenvalue weighted by Crippen LogP contribution is -2.31. The highest BCUT2D eigenvalue weighted by Gasteiger charge is 2.13. The van der Waals surface area contributed by atoms with Gasteiger partial charge in [-0.1, -0.05) is 0 Å². The van der Waals surface area contributed by atoms with Crippen LogP contribution < -0.4 is 4.90 Å². The van der Waals surface area contributed by atoms with Crippen LogP contribution in [0.25, 0.3) is 0 Å². The minimum Gasteiger partial charge on any atom is -0.432 e. The molecule has 4 nitrogen and oxygen atoms in total. The predicted octanol–water partition coefficient (Wildman–Crippen LogP) is 1.95. The summed E-state index contributed by atoms with van der Waals surface area (Å²) >= 11 is 5.68. The normalized spacial score (nSPS) is 16.9. The van der Waals surface area contributed by atoms with Gasteiger partial charge < -0.3 is 14.2 Å². The first-order chi connectivity index (χ1) is 7.79. The van der Waals surface area contributed by atoms with Crippen molar-refractivity contribution in [2.75, 3.05) is 38.1 Å². The molecule has 0 bridgehead atoms. The highest BCUT2D eigenvalue weighted by Crippen LogP contribution is 2.14. The van der Waals surface area contributed by atoms with Crippen LogP contribution in [0.4, 0.5) is 6.01 Å². The fourth-order valence-corrected chi connectivity index (χ4v) is 2.05.